The second-order valence-corrected chi connectivity index (χ2v) is 8.23. The number of β-lactam (4-membered cyclic amide) rings is 1. The molecule has 2 amide bonds. The van der Waals surface area contributed by atoms with E-state index in [0.717, 1.165) is 25.1 Å². The number of carbonyl (C=O) groups is 3. The van der Waals surface area contributed by atoms with Gasteiger partial charge in [-0.3, -0.25) is 14.6 Å². The zero-order chi connectivity index (χ0) is 22.0. The van der Waals surface area contributed by atoms with Crippen LogP contribution in [0.3, 0.4) is 0 Å². The van der Waals surface area contributed by atoms with Crippen molar-refractivity contribution in [2.45, 2.75) is 39.8 Å². The zero-order valence-corrected chi connectivity index (χ0v) is 16.5. The summed E-state index contributed by atoms with van der Waals surface area (Å²) in [5, 5.41) is 7.12. The van der Waals surface area contributed by atoms with E-state index in [2.05, 4.69) is 4.98 Å². The minimum atomic E-state index is -5.08. The van der Waals surface area contributed by atoms with Gasteiger partial charge in [0.05, 0.1) is 17.3 Å². The number of nitrogens with zero attached hydrogens (tertiary/aromatic N) is 3. The van der Waals surface area contributed by atoms with E-state index in [1.165, 1.54) is 0 Å². The Balaban J connectivity index is 0.000000370. The van der Waals surface area contributed by atoms with Crippen LogP contribution < -0.4 is 4.90 Å². The number of anilines is 1. The van der Waals surface area contributed by atoms with Crippen LogP contribution in [0.15, 0.2) is 24.5 Å². The lowest BCUT2D eigenvalue weighted by molar-refractivity contribution is -0.192. The van der Waals surface area contributed by atoms with E-state index in [1.807, 2.05) is 37.8 Å². The maximum Gasteiger partial charge on any atom is 0.490 e. The Hall–Kier alpha value is -2.65. The quantitative estimate of drug-likeness (QED) is 0.713. The van der Waals surface area contributed by atoms with Crippen LogP contribution in [0, 0.1) is 10.8 Å². The SMILES string of the molecule is CC(C)(C)C(=O)N1CCC2(CC1)CN(c1cccnc1)C2=O.O=C(O)C(F)(F)F. The van der Waals surface area contributed by atoms with E-state index in [-0.39, 0.29) is 22.6 Å². The van der Waals surface area contributed by atoms with Gasteiger partial charge in [0.1, 0.15) is 0 Å². The molecule has 1 N–H and O–H groups in total. The van der Waals surface area contributed by atoms with E-state index < -0.39 is 12.1 Å². The van der Waals surface area contributed by atoms with Crippen LogP contribution in [0.2, 0.25) is 0 Å². The van der Waals surface area contributed by atoms with Gasteiger partial charge in [-0.15, -0.1) is 0 Å². The Morgan fingerprint density at radius 3 is 2.10 bits per heavy atom. The molecule has 7 nitrogen and oxygen atoms in total. The van der Waals surface area contributed by atoms with Crippen molar-refractivity contribution in [2.75, 3.05) is 24.5 Å². The van der Waals surface area contributed by atoms with Gasteiger partial charge < -0.3 is 14.9 Å². The van der Waals surface area contributed by atoms with Gasteiger partial charge in [0.25, 0.3) is 0 Å². The first-order valence-corrected chi connectivity index (χ1v) is 9.09. The molecule has 29 heavy (non-hydrogen) atoms. The van der Waals surface area contributed by atoms with Crippen LogP contribution in [0.25, 0.3) is 0 Å². The second-order valence-electron chi connectivity index (χ2n) is 8.23. The molecule has 0 saturated carbocycles. The highest BCUT2D eigenvalue weighted by Crippen LogP contribution is 2.44. The number of amides is 2. The average molecular weight is 415 g/mol. The number of likely N-dealkylation sites (tertiary alicyclic amines) is 1. The minimum absolute atomic E-state index is 0.179. The van der Waals surface area contributed by atoms with Crippen LogP contribution >= 0.6 is 0 Å². The summed E-state index contributed by atoms with van der Waals surface area (Å²) in [6.07, 6.45) is -0.113. The lowest BCUT2D eigenvalue weighted by atomic mass is 9.70. The van der Waals surface area contributed by atoms with Crippen LogP contribution in [0.5, 0.6) is 0 Å². The Morgan fingerprint density at radius 1 is 1.17 bits per heavy atom. The van der Waals surface area contributed by atoms with Gasteiger partial charge in [-0.25, -0.2) is 4.79 Å². The standard InChI is InChI=1S/C17H23N3O2.C2HF3O2/c1-16(2,3)14(21)19-9-6-17(7-10-19)12-20(15(17)22)13-5-4-8-18-11-13;3-2(4,5)1(6)7/h4-5,8,11H,6-7,9-10,12H2,1-3H3;(H,6,7). The maximum absolute atomic E-state index is 12.6. The number of carboxylic acid groups (broad SMARTS) is 1. The summed E-state index contributed by atoms with van der Waals surface area (Å²) in [6, 6.07) is 3.76. The van der Waals surface area contributed by atoms with Crippen LogP contribution in [0.1, 0.15) is 33.6 Å². The van der Waals surface area contributed by atoms with Crippen LogP contribution in [-0.4, -0.2) is 58.6 Å². The molecule has 0 unspecified atom stereocenters. The van der Waals surface area contributed by atoms with Gasteiger partial charge in [0.2, 0.25) is 11.8 Å². The van der Waals surface area contributed by atoms with E-state index in [0.29, 0.717) is 13.1 Å². The summed E-state index contributed by atoms with van der Waals surface area (Å²) in [5.41, 5.74) is 0.256. The summed E-state index contributed by atoms with van der Waals surface area (Å²) >= 11 is 0. The molecule has 2 fully saturated rings. The number of carboxylic acids is 1. The van der Waals surface area contributed by atoms with E-state index in [4.69, 9.17) is 9.90 Å². The van der Waals surface area contributed by atoms with Gasteiger partial charge in [-0.1, -0.05) is 20.8 Å². The summed E-state index contributed by atoms with van der Waals surface area (Å²) in [5.74, 6) is -2.39. The number of aliphatic carboxylic acids is 1. The highest BCUT2D eigenvalue weighted by molar-refractivity contribution is 6.04. The van der Waals surface area contributed by atoms with Crippen molar-refractivity contribution in [2.24, 2.45) is 10.8 Å². The lowest BCUT2D eigenvalue weighted by Crippen LogP contribution is -2.65. The fraction of sp³-hybridized carbons (Fsp3) is 0.579. The van der Waals surface area contributed by atoms with Gasteiger partial charge in [-0.2, -0.15) is 13.2 Å². The fourth-order valence-corrected chi connectivity index (χ4v) is 3.34. The highest BCUT2D eigenvalue weighted by Gasteiger charge is 2.54. The van der Waals surface area contributed by atoms with Crippen molar-refractivity contribution in [3.63, 3.8) is 0 Å². The number of hydrogen-bond acceptors (Lipinski definition) is 4. The number of alkyl halides is 3. The normalized spacial score (nSPS) is 18.6. The topological polar surface area (TPSA) is 90.8 Å². The molecule has 0 atom stereocenters. The van der Waals surface area contributed by atoms with Crippen LogP contribution in [-0.2, 0) is 14.4 Å². The molecule has 10 heteroatoms. The van der Waals surface area contributed by atoms with Crippen LogP contribution in [0.4, 0.5) is 18.9 Å². The second kappa shape index (κ2) is 8.00. The van der Waals surface area contributed by atoms with E-state index >= 15 is 0 Å². The maximum atomic E-state index is 12.6. The molecule has 0 aromatic carbocycles. The van der Waals surface area contributed by atoms with Gasteiger partial charge in [0, 0.05) is 31.2 Å². The third-order valence-electron chi connectivity index (χ3n) is 5.01. The number of carbonyl (C=O) groups excluding carboxylic acids is 2. The number of piperidine rings is 1. The molecule has 0 radical (unpaired) electrons. The third-order valence-corrected chi connectivity index (χ3v) is 5.01. The summed E-state index contributed by atoms with van der Waals surface area (Å²) in [7, 11) is 0. The number of halogens is 3. The van der Waals surface area contributed by atoms with Crippen molar-refractivity contribution in [1.29, 1.82) is 0 Å². The molecule has 2 aliphatic heterocycles. The molecule has 1 aromatic rings. The molecule has 1 spiro atoms. The third kappa shape index (κ3) is 5.04. The molecular formula is C19H24F3N3O4. The average Bonchev–Trinajstić information content (AvgIpc) is 2.65. The number of pyridine rings is 1. The number of aromatic nitrogens is 1. The number of rotatable bonds is 1. The predicted octanol–water partition coefficient (Wildman–Crippen LogP) is 2.72. The fourth-order valence-electron chi connectivity index (χ4n) is 3.34. The van der Waals surface area contributed by atoms with Crippen molar-refractivity contribution in [3.8, 4) is 0 Å². The minimum Gasteiger partial charge on any atom is -0.475 e. The molecule has 3 rings (SSSR count). The van der Waals surface area contributed by atoms with E-state index in [1.54, 1.807) is 17.3 Å². The highest BCUT2D eigenvalue weighted by atomic mass is 19.4. The first kappa shape index (κ1) is 22.6. The molecule has 0 aliphatic carbocycles. The summed E-state index contributed by atoms with van der Waals surface area (Å²) in [6.45, 7) is 7.94. The molecule has 0 bridgehead atoms. The monoisotopic (exact) mass is 415 g/mol. The molecule has 160 valence electrons. The van der Waals surface area contributed by atoms with E-state index in [9.17, 15) is 22.8 Å². The molecule has 2 saturated heterocycles. The first-order valence-electron chi connectivity index (χ1n) is 9.09. The Labute approximate surface area is 166 Å². The molecule has 3 heterocycles. The Morgan fingerprint density at radius 2 is 1.72 bits per heavy atom. The van der Waals surface area contributed by atoms with Gasteiger partial charge in [0.15, 0.2) is 0 Å². The molecule has 1 aromatic heterocycles. The smallest absolute Gasteiger partial charge is 0.475 e. The first-order chi connectivity index (χ1) is 13.3. The summed E-state index contributed by atoms with van der Waals surface area (Å²) in [4.78, 5) is 41.6. The summed E-state index contributed by atoms with van der Waals surface area (Å²) < 4.78 is 31.7. The molecular weight excluding hydrogens is 391 g/mol. The Bertz CT molecular complexity index is 767. The largest absolute Gasteiger partial charge is 0.490 e. The van der Waals surface area contributed by atoms with Gasteiger partial charge >= 0.3 is 12.1 Å². The predicted molar refractivity (Wildman–Crippen MR) is 98.0 cm³/mol. The van der Waals surface area contributed by atoms with Gasteiger partial charge in [-0.05, 0) is 25.0 Å². The Kier molecular flexibility index (Phi) is 6.24. The van der Waals surface area contributed by atoms with Crippen molar-refractivity contribution in [1.82, 2.24) is 9.88 Å². The number of hydrogen-bond donors (Lipinski definition) is 1. The van der Waals surface area contributed by atoms with Crippen molar-refractivity contribution in [3.05, 3.63) is 24.5 Å². The lowest BCUT2D eigenvalue weighted by Gasteiger charge is -2.52. The van der Waals surface area contributed by atoms with Crippen molar-refractivity contribution < 1.29 is 32.7 Å². The van der Waals surface area contributed by atoms with Crippen molar-refractivity contribution >= 4 is 23.5 Å². The zero-order valence-electron chi connectivity index (χ0n) is 16.5. The molecule has 2 aliphatic rings.